The van der Waals surface area contributed by atoms with E-state index in [4.69, 9.17) is 16.3 Å². The fraction of sp³-hybridized carbons (Fsp3) is 0.160. The number of aromatic nitrogens is 4. The van der Waals surface area contributed by atoms with Gasteiger partial charge in [-0.2, -0.15) is 23.5 Å². The highest BCUT2D eigenvalue weighted by atomic mass is 35.5. The van der Waals surface area contributed by atoms with Gasteiger partial charge in [0, 0.05) is 41.4 Å². The molecule has 4 aromatic rings. The zero-order chi connectivity index (χ0) is 27.4. The summed E-state index contributed by atoms with van der Waals surface area (Å²) >= 11 is 6.24. The number of H-pyrrole nitrogens is 2. The van der Waals surface area contributed by atoms with Gasteiger partial charge < -0.3 is 9.64 Å². The summed E-state index contributed by atoms with van der Waals surface area (Å²) in [5.41, 5.74) is -2.26. The van der Waals surface area contributed by atoms with E-state index in [1.807, 2.05) is 0 Å². The Morgan fingerprint density at radius 2 is 1.97 bits per heavy atom. The Morgan fingerprint density at radius 3 is 2.66 bits per heavy atom. The number of carbonyl (C=O) groups is 1. The van der Waals surface area contributed by atoms with Crippen molar-refractivity contribution in [2.75, 3.05) is 18.6 Å². The molecule has 2 aromatic heterocycles. The number of ether oxygens (including phenoxy) is 1. The molecule has 0 aliphatic heterocycles. The highest BCUT2D eigenvalue weighted by molar-refractivity contribution is 6.33. The summed E-state index contributed by atoms with van der Waals surface area (Å²) in [5.74, 6) is 0.191. The number of nitrogens with one attached hydrogen (secondary N) is 2. The molecule has 0 atom stereocenters. The number of carbonyl (C=O) groups excluding carboxylic acids is 1. The Labute approximate surface area is 218 Å². The van der Waals surface area contributed by atoms with Crippen LogP contribution in [0.2, 0.25) is 5.02 Å². The van der Waals surface area contributed by atoms with Crippen LogP contribution in [-0.2, 0) is 12.6 Å². The van der Waals surface area contributed by atoms with Crippen LogP contribution >= 0.6 is 11.6 Å². The molecule has 0 unspecified atom stereocenters. The summed E-state index contributed by atoms with van der Waals surface area (Å²) < 4.78 is 47.0. The van der Waals surface area contributed by atoms with E-state index in [1.54, 1.807) is 30.3 Å². The Morgan fingerprint density at radius 1 is 1.21 bits per heavy atom. The lowest BCUT2D eigenvalue weighted by molar-refractivity contribution is -0.140. The monoisotopic (exact) mass is 542 g/mol. The van der Waals surface area contributed by atoms with Gasteiger partial charge in [-0.05, 0) is 36.4 Å². The number of aromatic amines is 2. The number of anilines is 1. The molecule has 9 nitrogen and oxygen atoms in total. The van der Waals surface area contributed by atoms with Crippen LogP contribution < -0.4 is 15.3 Å². The number of rotatable bonds is 7. The van der Waals surface area contributed by atoms with Crippen molar-refractivity contribution in [1.82, 2.24) is 20.2 Å². The van der Waals surface area contributed by atoms with Crippen molar-refractivity contribution < 1.29 is 22.7 Å². The number of halogens is 4. The number of hydrogen-bond donors (Lipinski definition) is 2. The molecule has 0 saturated carbocycles. The Bertz CT molecular complexity index is 1590. The molecule has 0 bridgehead atoms. The average molecular weight is 543 g/mol. The third-order valence-electron chi connectivity index (χ3n) is 5.50. The number of para-hydroxylation sites is 2. The second-order valence-electron chi connectivity index (χ2n) is 7.94. The standard InChI is InChI=1S/C25H18ClF3N6O3/c1-35(18-4-2-3-5-19(18)38-11-9-20-32-24(37)34-33-20)23(36)14-6-7-17(26)16(12-14)21-15(13-30)8-10-31-22(21)25(27,28)29/h2-8,10,12H,9,11H2,1H3,(H2,32,33,34,37). The quantitative estimate of drug-likeness (QED) is 0.351. The van der Waals surface area contributed by atoms with E-state index in [-0.39, 0.29) is 28.3 Å². The molecular weight excluding hydrogens is 525 g/mol. The SMILES string of the molecule is CN(C(=O)c1ccc(Cl)c(-c2c(C#N)ccnc2C(F)(F)F)c1)c1ccccc1OCCc1n[nH]c(=O)[nH]1. The molecule has 0 aliphatic rings. The topological polar surface area (TPSA) is 128 Å². The molecule has 0 saturated heterocycles. The Hall–Kier alpha value is -4.63. The van der Waals surface area contributed by atoms with Crippen molar-refractivity contribution in [2.24, 2.45) is 0 Å². The Balaban J connectivity index is 1.65. The summed E-state index contributed by atoms with van der Waals surface area (Å²) in [6.45, 7) is 0.142. The first-order chi connectivity index (χ1) is 18.1. The summed E-state index contributed by atoms with van der Waals surface area (Å²) in [4.78, 5) is 31.8. The fourth-order valence-electron chi connectivity index (χ4n) is 3.73. The largest absolute Gasteiger partial charge is 0.491 e. The first-order valence-electron chi connectivity index (χ1n) is 11.0. The van der Waals surface area contributed by atoms with Gasteiger partial charge in [-0.3, -0.25) is 14.8 Å². The number of nitrogens with zero attached hydrogens (tertiary/aromatic N) is 4. The van der Waals surface area contributed by atoms with Gasteiger partial charge in [-0.25, -0.2) is 9.89 Å². The second kappa shape index (κ2) is 10.8. The molecule has 1 amide bonds. The predicted octanol–water partition coefficient (Wildman–Crippen LogP) is 4.60. The normalized spacial score (nSPS) is 11.2. The summed E-state index contributed by atoms with van der Waals surface area (Å²) in [6, 6.07) is 13.4. The van der Waals surface area contributed by atoms with Crippen molar-refractivity contribution in [3.63, 3.8) is 0 Å². The van der Waals surface area contributed by atoms with Gasteiger partial charge in [0.05, 0.1) is 23.9 Å². The number of amides is 1. The number of hydrogen-bond acceptors (Lipinski definition) is 6. The summed E-state index contributed by atoms with van der Waals surface area (Å²) in [5, 5.41) is 15.4. The van der Waals surface area contributed by atoms with E-state index in [1.165, 1.54) is 30.1 Å². The van der Waals surface area contributed by atoms with E-state index < -0.39 is 29.0 Å². The Kier molecular flexibility index (Phi) is 7.50. The molecule has 0 aliphatic carbocycles. The fourth-order valence-corrected chi connectivity index (χ4v) is 3.95. The third-order valence-corrected chi connectivity index (χ3v) is 5.83. The molecule has 194 valence electrons. The van der Waals surface area contributed by atoms with Gasteiger partial charge in [0.1, 0.15) is 11.6 Å². The lowest BCUT2D eigenvalue weighted by Crippen LogP contribution is -2.27. The van der Waals surface area contributed by atoms with Crippen molar-refractivity contribution >= 4 is 23.2 Å². The van der Waals surface area contributed by atoms with Gasteiger partial charge in [-0.15, -0.1) is 0 Å². The first-order valence-corrected chi connectivity index (χ1v) is 11.4. The van der Waals surface area contributed by atoms with Gasteiger partial charge in [0.25, 0.3) is 5.91 Å². The molecule has 4 rings (SSSR count). The molecule has 0 fully saturated rings. The van der Waals surface area contributed by atoms with Crippen LogP contribution in [0.25, 0.3) is 11.1 Å². The van der Waals surface area contributed by atoms with Gasteiger partial charge in [0.2, 0.25) is 0 Å². The van der Waals surface area contributed by atoms with Crippen LogP contribution in [0, 0.1) is 11.3 Å². The lowest BCUT2D eigenvalue weighted by atomic mass is 9.96. The van der Waals surface area contributed by atoms with Crippen LogP contribution in [0.3, 0.4) is 0 Å². The van der Waals surface area contributed by atoms with Gasteiger partial charge in [0.15, 0.2) is 5.69 Å². The molecule has 38 heavy (non-hydrogen) atoms. The van der Waals surface area contributed by atoms with E-state index in [9.17, 15) is 28.0 Å². The second-order valence-corrected chi connectivity index (χ2v) is 8.35. The van der Waals surface area contributed by atoms with Crippen molar-refractivity contribution in [3.05, 3.63) is 92.9 Å². The summed E-state index contributed by atoms with van der Waals surface area (Å²) in [6.07, 6.45) is -3.68. The van der Waals surface area contributed by atoms with Crippen molar-refractivity contribution in [3.8, 4) is 22.9 Å². The zero-order valence-corrected chi connectivity index (χ0v) is 20.4. The third kappa shape index (κ3) is 5.52. The van der Waals surface area contributed by atoms with E-state index in [0.29, 0.717) is 23.7 Å². The lowest BCUT2D eigenvalue weighted by Gasteiger charge is -2.21. The number of alkyl halides is 3. The average Bonchev–Trinajstić information content (AvgIpc) is 3.32. The van der Waals surface area contributed by atoms with E-state index >= 15 is 0 Å². The maximum absolute atomic E-state index is 13.7. The predicted molar refractivity (Wildman–Crippen MR) is 132 cm³/mol. The maximum atomic E-state index is 13.7. The molecule has 2 N–H and O–H groups in total. The highest BCUT2D eigenvalue weighted by Gasteiger charge is 2.37. The molecular formula is C25H18ClF3N6O3. The van der Waals surface area contributed by atoms with Gasteiger partial charge >= 0.3 is 11.9 Å². The number of benzene rings is 2. The molecule has 13 heteroatoms. The number of nitriles is 1. The van der Waals surface area contributed by atoms with E-state index in [0.717, 1.165) is 12.3 Å². The van der Waals surface area contributed by atoms with Crippen LogP contribution in [0.4, 0.5) is 18.9 Å². The van der Waals surface area contributed by atoms with Crippen LogP contribution in [0.1, 0.15) is 27.4 Å². The first kappa shape index (κ1) is 26.4. The van der Waals surface area contributed by atoms with E-state index in [2.05, 4.69) is 20.2 Å². The van der Waals surface area contributed by atoms with Crippen molar-refractivity contribution in [2.45, 2.75) is 12.6 Å². The van der Waals surface area contributed by atoms with Crippen molar-refractivity contribution in [1.29, 1.82) is 5.26 Å². The minimum atomic E-state index is -4.86. The number of pyridine rings is 1. The molecule has 0 spiro atoms. The molecule has 0 radical (unpaired) electrons. The van der Waals surface area contributed by atoms with Crippen LogP contribution in [-0.4, -0.2) is 39.7 Å². The summed E-state index contributed by atoms with van der Waals surface area (Å²) in [7, 11) is 1.48. The minimum Gasteiger partial charge on any atom is -0.491 e. The smallest absolute Gasteiger partial charge is 0.434 e. The zero-order valence-electron chi connectivity index (χ0n) is 19.6. The van der Waals surface area contributed by atoms with Crippen LogP contribution in [0.5, 0.6) is 5.75 Å². The highest BCUT2D eigenvalue weighted by Crippen LogP contribution is 2.40. The minimum absolute atomic E-state index is 0.0247. The molecule has 2 heterocycles. The maximum Gasteiger partial charge on any atom is 0.434 e. The van der Waals surface area contributed by atoms with Crippen LogP contribution in [0.15, 0.2) is 59.5 Å². The van der Waals surface area contributed by atoms with Gasteiger partial charge in [-0.1, -0.05) is 23.7 Å². The molecule has 2 aromatic carbocycles.